The predicted molar refractivity (Wildman–Crippen MR) is 84.8 cm³/mol. The molecule has 0 saturated heterocycles. The summed E-state index contributed by atoms with van der Waals surface area (Å²) in [6, 6.07) is 0.140. The van der Waals surface area contributed by atoms with Gasteiger partial charge in [-0.15, -0.1) is 0 Å². The highest BCUT2D eigenvalue weighted by Crippen LogP contribution is 2.30. The number of halogens is 5. The third-order valence-corrected chi connectivity index (χ3v) is 2.87. The van der Waals surface area contributed by atoms with Gasteiger partial charge in [0.2, 0.25) is 17.3 Å². The molecule has 1 aromatic carbocycles. The lowest BCUT2D eigenvalue weighted by molar-refractivity contribution is -0.137. The van der Waals surface area contributed by atoms with Crippen LogP contribution in [0.5, 0.6) is 5.75 Å². The molecule has 10 heteroatoms. The number of hydrogen-bond acceptors (Lipinski definition) is 5. The number of Topliss-reactive ketones (excluding diaryl/α,β-unsaturated/α-hetero) is 1. The standard InChI is InChI=1S/C17H16F5NO4/c1-8(2)7-26-16(25)10(6-23(3)4)14(24)9-5-11(18)13(20)15(12(9)19)27-17(21)22/h5-6,17H,1,7H2,2-4H3. The first-order valence-electron chi connectivity index (χ1n) is 7.32. The molecule has 27 heavy (non-hydrogen) atoms. The van der Waals surface area contributed by atoms with Crippen molar-refractivity contribution in [2.24, 2.45) is 0 Å². The Morgan fingerprint density at radius 2 is 1.81 bits per heavy atom. The van der Waals surface area contributed by atoms with Crippen LogP contribution in [-0.2, 0) is 9.53 Å². The second-order valence-corrected chi connectivity index (χ2v) is 5.61. The fourth-order valence-corrected chi connectivity index (χ4v) is 1.81. The lowest BCUT2D eigenvalue weighted by Gasteiger charge is -2.14. The lowest BCUT2D eigenvalue weighted by atomic mass is 10.0. The van der Waals surface area contributed by atoms with Crippen molar-refractivity contribution < 1.29 is 41.0 Å². The van der Waals surface area contributed by atoms with Gasteiger partial charge in [0.05, 0.1) is 5.56 Å². The van der Waals surface area contributed by atoms with Gasteiger partial charge >= 0.3 is 12.6 Å². The van der Waals surface area contributed by atoms with Crippen LogP contribution < -0.4 is 4.74 Å². The van der Waals surface area contributed by atoms with Crippen LogP contribution in [0.15, 0.2) is 30.0 Å². The second kappa shape index (κ2) is 9.15. The van der Waals surface area contributed by atoms with E-state index < -0.39 is 52.7 Å². The molecule has 1 aromatic rings. The molecule has 0 fully saturated rings. The van der Waals surface area contributed by atoms with Crippen molar-refractivity contribution in [3.05, 3.63) is 53.0 Å². The summed E-state index contributed by atoms with van der Waals surface area (Å²) in [6.07, 6.45) is 0.956. The number of hydrogen-bond donors (Lipinski definition) is 0. The molecule has 0 spiro atoms. The second-order valence-electron chi connectivity index (χ2n) is 5.61. The first-order chi connectivity index (χ1) is 12.5. The number of benzene rings is 1. The first-order valence-corrected chi connectivity index (χ1v) is 7.32. The minimum Gasteiger partial charge on any atom is -0.457 e. The zero-order valence-electron chi connectivity index (χ0n) is 14.6. The molecule has 5 nitrogen and oxygen atoms in total. The van der Waals surface area contributed by atoms with Crippen LogP contribution in [0.4, 0.5) is 22.0 Å². The number of alkyl halides is 2. The van der Waals surface area contributed by atoms with Gasteiger partial charge in [0.1, 0.15) is 12.2 Å². The Balaban J connectivity index is 3.43. The SMILES string of the molecule is C=C(C)COC(=O)C(=CN(C)C)C(=O)c1cc(F)c(F)c(OC(F)F)c1F. The van der Waals surface area contributed by atoms with Gasteiger partial charge in [0.15, 0.2) is 11.6 Å². The Kier molecular flexibility index (Phi) is 7.50. The molecule has 0 radical (unpaired) electrons. The number of rotatable bonds is 8. The van der Waals surface area contributed by atoms with Gasteiger partial charge in [-0.2, -0.15) is 13.2 Å². The molecule has 148 valence electrons. The minimum absolute atomic E-state index is 0.140. The van der Waals surface area contributed by atoms with Gasteiger partial charge in [-0.3, -0.25) is 4.79 Å². The summed E-state index contributed by atoms with van der Waals surface area (Å²) >= 11 is 0. The monoisotopic (exact) mass is 393 g/mol. The summed E-state index contributed by atoms with van der Waals surface area (Å²) in [6.45, 7) is 1.11. The van der Waals surface area contributed by atoms with Crippen molar-refractivity contribution in [2.45, 2.75) is 13.5 Å². The molecule has 0 atom stereocenters. The van der Waals surface area contributed by atoms with Crippen molar-refractivity contribution in [3.8, 4) is 5.75 Å². The molecule has 0 unspecified atom stereocenters. The minimum atomic E-state index is -3.67. The Labute approximate surface area is 151 Å². The predicted octanol–water partition coefficient (Wildman–Crippen LogP) is 3.45. The quantitative estimate of drug-likeness (QED) is 0.0990. The van der Waals surface area contributed by atoms with Crippen molar-refractivity contribution >= 4 is 11.8 Å². The van der Waals surface area contributed by atoms with E-state index >= 15 is 0 Å². The van der Waals surface area contributed by atoms with Crippen LogP contribution in [0.2, 0.25) is 0 Å². The lowest BCUT2D eigenvalue weighted by Crippen LogP contribution is -2.21. The van der Waals surface area contributed by atoms with E-state index in [-0.39, 0.29) is 12.7 Å². The smallest absolute Gasteiger partial charge is 0.387 e. The highest BCUT2D eigenvalue weighted by molar-refractivity contribution is 6.24. The van der Waals surface area contributed by atoms with Gasteiger partial charge in [-0.1, -0.05) is 6.58 Å². The van der Waals surface area contributed by atoms with Gasteiger partial charge < -0.3 is 14.4 Å². The molecule has 1 rings (SSSR count). The summed E-state index contributed by atoms with van der Waals surface area (Å²) in [5.74, 6) is -10.1. The van der Waals surface area contributed by atoms with Crippen LogP contribution in [0.25, 0.3) is 0 Å². The molecule has 0 heterocycles. The fourth-order valence-electron chi connectivity index (χ4n) is 1.81. The number of esters is 1. The third-order valence-electron chi connectivity index (χ3n) is 2.87. The van der Waals surface area contributed by atoms with E-state index in [0.717, 1.165) is 6.20 Å². The summed E-state index contributed by atoms with van der Waals surface area (Å²) in [4.78, 5) is 25.8. The maximum Gasteiger partial charge on any atom is 0.387 e. The molecular formula is C17H16F5NO4. The number of nitrogens with zero attached hydrogens (tertiary/aromatic N) is 1. The highest BCUT2D eigenvalue weighted by Gasteiger charge is 2.30. The zero-order valence-corrected chi connectivity index (χ0v) is 14.6. The molecule has 0 saturated carbocycles. The van der Waals surface area contributed by atoms with Crippen LogP contribution in [0, 0.1) is 17.5 Å². The number of ketones is 1. The van der Waals surface area contributed by atoms with Crippen LogP contribution in [0.3, 0.4) is 0 Å². The van der Waals surface area contributed by atoms with E-state index in [2.05, 4.69) is 11.3 Å². The zero-order chi connectivity index (χ0) is 20.9. The van der Waals surface area contributed by atoms with Crippen molar-refractivity contribution in [1.29, 1.82) is 0 Å². The Morgan fingerprint density at radius 3 is 2.30 bits per heavy atom. The van der Waals surface area contributed by atoms with E-state index in [1.54, 1.807) is 0 Å². The number of carbonyl (C=O) groups excluding carboxylic acids is 2. The van der Waals surface area contributed by atoms with Crippen LogP contribution in [0.1, 0.15) is 17.3 Å². The maximum atomic E-state index is 14.3. The molecule has 0 aromatic heterocycles. The summed E-state index contributed by atoms with van der Waals surface area (Å²) < 4.78 is 74.5. The molecule has 0 amide bonds. The van der Waals surface area contributed by atoms with Gasteiger partial charge in [-0.05, 0) is 18.6 Å². The number of carbonyl (C=O) groups is 2. The molecule has 0 N–H and O–H groups in total. The largest absolute Gasteiger partial charge is 0.457 e. The summed E-state index contributed by atoms with van der Waals surface area (Å²) in [7, 11) is 2.85. The molecule has 0 aliphatic carbocycles. The van der Waals surface area contributed by atoms with Crippen molar-refractivity contribution in [2.75, 3.05) is 20.7 Å². The average molecular weight is 393 g/mol. The normalized spacial score (nSPS) is 11.4. The van der Waals surface area contributed by atoms with E-state index in [1.807, 2.05) is 0 Å². The van der Waals surface area contributed by atoms with Crippen LogP contribution >= 0.6 is 0 Å². The summed E-state index contributed by atoms with van der Waals surface area (Å²) in [5.41, 5.74) is -1.48. The first kappa shape index (κ1) is 22.1. The van der Waals surface area contributed by atoms with E-state index in [4.69, 9.17) is 4.74 Å². The summed E-state index contributed by atoms with van der Waals surface area (Å²) in [5, 5.41) is 0. The molecule has 0 aliphatic rings. The van der Waals surface area contributed by atoms with Gasteiger partial charge in [0, 0.05) is 20.3 Å². The van der Waals surface area contributed by atoms with Gasteiger partial charge in [0.25, 0.3) is 0 Å². The highest BCUT2D eigenvalue weighted by atomic mass is 19.3. The van der Waals surface area contributed by atoms with Crippen molar-refractivity contribution in [1.82, 2.24) is 4.90 Å². The van der Waals surface area contributed by atoms with Gasteiger partial charge in [-0.25, -0.2) is 13.6 Å². The Hall–Kier alpha value is -2.91. The molecule has 0 bridgehead atoms. The average Bonchev–Trinajstić information content (AvgIpc) is 2.56. The fraction of sp³-hybridized carbons (Fsp3) is 0.294. The van der Waals surface area contributed by atoms with Crippen molar-refractivity contribution in [3.63, 3.8) is 0 Å². The Bertz CT molecular complexity index is 790. The van der Waals surface area contributed by atoms with E-state index in [0.29, 0.717) is 5.57 Å². The van der Waals surface area contributed by atoms with E-state index in [1.165, 1.54) is 25.9 Å². The molecular weight excluding hydrogens is 377 g/mol. The Morgan fingerprint density at radius 1 is 1.22 bits per heavy atom. The number of ether oxygens (including phenoxy) is 2. The maximum absolute atomic E-state index is 14.3. The van der Waals surface area contributed by atoms with Crippen LogP contribution in [-0.4, -0.2) is 44.0 Å². The molecule has 0 aliphatic heterocycles. The van der Waals surface area contributed by atoms with E-state index in [9.17, 15) is 31.5 Å². The third kappa shape index (κ3) is 5.80. The topological polar surface area (TPSA) is 55.8 Å².